The van der Waals surface area contributed by atoms with Crippen LogP contribution in [0.5, 0.6) is 5.75 Å². The molecule has 1 atom stereocenters. The summed E-state index contributed by atoms with van der Waals surface area (Å²) in [7, 11) is 0. The van der Waals surface area contributed by atoms with E-state index in [0.29, 0.717) is 29.5 Å². The van der Waals surface area contributed by atoms with Crippen LogP contribution < -0.4 is 15.0 Å². The lowest BCUT2D eigenvalue weighted by atomic mass is 10.1. The van der Waals surface area contributed by atoms with Crippen molar-refractivity contribution in [3.8, 4) is 5.75 Å². The molecule has 0 aromatic heterocycles. The lowest BCUT2D eigenvalue weighted by Crippen LogP contribution is -2.28. The molecule has 2 aromatic rings. The molecule has 2 amide bonds. The number of rotatable bonds is 6. The van der Waals surface area contributed by atoms with Crippen LogP contribution in [-0.4, -0.2) is 25.0 Å². The molecule has 1 fully saturated rings. The molecule has 1 N–H and O–H groups in total. The van der Waals surface area contributed by atoms with Crippen LogP contribution in [0.1, 0.15) is 19.8 Å². The second-order valence-corrected chi connectivity index (χ2v) is 6.63. The Hall–Kier alpha value is -2.53. The van der Waals surface area contributed by atoms with Crippen LogP contribution in [0.3, 0.4) is 0 Å². The molecule has 0 saturated carbocycles. The van der Waals surface area contributed by atoms with Gasteiger partial charge in [0.15, 0.2) is 0 Å². The van der Waals surface area contributed by atoms with Crippen LogP contribution in [0.4, 0.5) is 11.4 Å². The van der Waals surface area contributed by atoms with Crippen molar-refractivity contribution < 1.29 is 14.3 Å². The molecule has 136 valence electrons. The Kier molecular flexibility index (Phi) is 5.78. The number of para-hydroxylation sites is 1. The molecule has 5 nitrogen and oxygen atoms in total. The third-order valence-corrected chi connectivity index (χ3v) is 4.55. The highest BCUT2D eigenvalue weighted by Gasteiger charge is 2.35. The van der Waals surface area contributed by atoms with Crippen LogP contribution in [0.15, 0.2) is 48.5 Å². The van der Waals surface area contributed by atoms with Gasteiger partial charge in [0, 0.05) is 18.7 Å². The third-order valence-electron chi connectivity index (χ3n) is 4.23. The van der Waals surface area contributed by atoms with E-state index in [1.54, 1.807) is 29.2 Å². The fourth-order valence-corrected chi connectivity index (χ4v) is 3.12. The van der Waals surface area contributed by atoms with Crippen molar-refractivity contribution in [1.29, 1.82) is 0 Å². The van der Waals surface area contributed by atoms with Crippen molar-refractivity contribution in [3.63, 3.8) is 0 Å². The van der Waals surface area contributed by atoms with Crippen LogP contribution in [0.25, 0.3) is 0 Å². The minimum atomic E-state index is -0.408. The quantitative estimate of drug-likeness (QED) is 0.829. The van der Waals surface area contributed by atoms with Crippen LogP contribution >= 0.6 is 11.6 Å². The maximum Gasteiger partial charge on any atom is 0.229 e. The van der Waals surface area contributed by atoms with Crippen molar-refractivity contribution in [3.05, 3.63) is 53.6 Å². The Labute approximate surface area is 157 Å². The molecule has 2 aromatic carbocycles. The minimum Gasteiger partial charge on any atom is -0.494 e. The van der Waals surface area contributed by atoms with Crippen LogP contribution in [0, 0.1) is 5.92 Å². The van der Waals surface area contributed by atoms with Gasteiger partial charge >= 0.3 is 0 Å². The summed E-state index contributed by atoms with van der Waals surface area (Å²) in [5.41, 5.74) is 1.33. The van der Waals surface area contributed by atoms with Crippen molar-refractivity contribution in [2.75, 3.05) is 23.4 Å². The van der Waals surface area contributed by atoms with Gasteiger partial charge in [-0.1, -0.05) is 30.7 Å². The largest absolute Gasteiger partial charge is 0.494 e. The first-order valence-electron chi connectivity index (χ1n) is 8.67. The number of anilines is 2. The first-order valence-corrected chi connectivity index (χ1v) is 9.05. The lowest BCUT2D eigenvalue weighted by molar-refractivity contribution is -0.122. The number of halogens is 1. The average Bonchev–Trinajstić information content (AvgIpc) is 3.03. The maximum atomic E-state index is 12.5. The molecule has 0 spiro atoms. The number of benzene rings is 2. The van der Waals surface area contributed by atoms with E-state index < -0.39 is 5.92 Å². The van der Waals surface area contributed by atoms with Crippen molar-refractivity contribution in [2.24, 2.45) is 5.92 Å². The van der Waals surface area contributed by atoms with Gasteiger partial charge in [-0.2, -0.15) is 0 Å². The molecule has 1 aliphatic heterocycles. The van der Waals surface area contributed by atoms with Gasteiger partial charge in [0.2, 0.25) is 11.8 Å². The summed E-state index contributed by atoms with van der Waals surface area (Å²) in [6.45, 7) is 3.03. The minimum absolute atomic E-state index is 0.0958. The number of hydrogen-bond acceptors (Lipinski definition) is 3. The van der Waals surface area contributed by atoms with E-state index in [4.69, 9.17) is 16.3 Å². The molecule has 1 saturated heterocycles. The Balaban J connectivity index is 1.62. The Morgan fingerprint density at radius 2 is 1.96 bits per heavy atom. The van der Waals surface area contributed by atoms with Gasteiger partial charge in [-0.3, -0.25) is 9.59 Å². The van der Waals surface area contributed by atoms with Gasteiger partial charge in [0.25, 0.3) is 0 Å². The highest BCUT2D eigenvalue weighted by molar-refractivity contribution is 6.33. The molecule has 26 heavy (non-hydrogen) atoms. The molecule has 1 heterocycles. The maximum absolute atomic E-state index is 12.5. The predicted molar refractivity (Wildman–Crippen MR) is 103 cm³/mol. The van der Waals surface area contributed by atoms with Crippen molar-refractivity contribution in [2.45, 2.75) is 19.8 Å². The molecule has 0 bridgehead atoms. The number of carbonyl (C=O) groups excluding carboxylic acids is 2. The summed E-state index contributed by atoms with van der Waals surface area (Å²) in [6.07, 6.45) is 1.12. The molecule has 0 aliphatic carbocycles. The van der Waals surface area contributed by atoms with Crippen molar-refractivity contribution >= 4 is 34.8 Å². The number of nitrogens with zero attached hydrogens (tertiary/aromatic N) is 1. The molecular weight excluding hydrogens is 352 g/mol. The van der Waals surface area contributed by atoms with Gasteiger partial charge in [-0.05, 0) is 42.8 Å². The van der Waals surface area contributed by atoms with Crippen LogP contribution in [-0.2, 0) is 9.59 Å². The summed E-state index contributed by atoms with van der Waals surface area (Å²) in [5.74, 6) is 0.0947. The van der Waals surface area contributed by atoms with Gasteiger partial charge in [0.1, 0.15) is 5.75 Å². The summed E-state index contributed by atoms with van der Waals surface area (Å²) in [5, 5.41) is 3.37. The zero-order chi connectivity index (χ0) is 18.5. The zero-order valence-corrected chi connectivity index (χ0v) is 15.3. The van der Waals surface area contributed by atoms with Gasteiger partial charge in [-0.25, -0.2) is 0 Å². The van der Waals surface area contributed by atoms with Crippen molar-refractivity contribution in [1.82, 2.24) is 0 Å². The van der Waals surface area contributed by atoms with Gasteiger partial charge in [-0.15, -0.1) is 0 Å². The topological polar surface area (TPSA) is 58.6 Å². The standard InChI is InChI=1S/C20H21ClN2O3/c1-2-11-26-16-9-7-15(8-10-16)22-20(25)14-12-19(24)23(13-14)18-6-4-3-5-17(18)21/h3-10,14H,2,11-13H2,1H3,(H,22,25)/t14-/m0/s1. The summed E-state index contributed by atoms with van der Waals surface area (Å²) in [4.78, 5) is 26.4. The zero-order valence-electron chi connectivity index (χ0n) is 14.6. The molecule has 3 rings (SSSR count). The molecule has 0 unspecified atom stereocenters. The number of hydrogen-bond donors (Lipinski definition) is 1. The second kappa shape index (κ2) is 8.23. The van der Waals surface area contributed by atoms with E-state index in [1.807, 2.05) is 31.2 Å². The first-order chi connectivity index (χ1) is 12.6. The predicted octanol–water partition coefficient (Wildman–Crippen LogP) is 4.12. The van der Waals surface area contributed by atoms with Gasteiger partial charge in [0.05, 0.1) is 23.2 Å². The van der Waals surface area contributed by atoms with E-state index in [1.165, 1.54) is 0 Å². The number of nitrogens with one attached hydrogen (secondary N) is 1. The van der Waals surface area contributed by atoms with E-state index in [9.17, 15) is 9.59 Å². The van der Waals surface area contributed by atoms with E-state index in [0.717, 1.165) is 12.2 Å². The molecule has 0 radical (unpaired) electrons. The monoisotopic (exact) mass is 372 g/mol. The highest BCUT2D eigenvalue weighted by Crippen LogP contribution is 2.31. The smallest absolute Gasteiger partial charge is 0.229 e. The fraction of sp³-hybridized carbons (Fsp3) is 0.300. The summed E-state index contributed by atoms with van der Waals surface area (Å²) < 4.78 is 5.53. The first kappa shape index (κ1) is 18.3. The summed E-state index contributed by atoms with van der Waals surface area (Å²) in [6, 6.07) is 14.4. The summed E-state index contributed by atoms with van der Waals surface area (Å²) >= 11 is 6.17. The fourth-order valence-electron chi connectivity index (χ4n) is 2.89. The number of carbonyl (C=O) groups is 2. The lowest BCUT2D eigenvalue weighted by Gasteiger charge is -2.18. The Morgan fingerprint density at radius 3 is 2.65 bits per heavy atom. The number of ether oxygens (including phenoxy) is 1. The highest BCUT2D eigenvalue weighted by atomic mass is 35.5. The Bertz CT molecular complexity index is 792. The third kappa shape index (κ3) is 4.17. The van der Waals surface area contributed by atoms with E-state index in [2.05, 4.69) is 5.32 Å². The van der Waals surface area contributed by atoms with Gasteiger partial charge < -0.3 is 15.0 Å². The molecule has 1 aliphatic rings. The molecule has 6 heteroatoms. The Morgan fingerprint density at radius 1 is 1.23 bits per heavy atom. The number of amides is 2. The second-order valence-electron chi connectivity index (χ2n) is 6.22. The van der Waals surface area contributed by atoms with E-state index >= 15 is 0 Å². The normalized spacial score (nSPS) is 16.6. The van der Waals surface area contributed by atoms with Crippen LogP contribution in [0.2, 0.25) is 5.02 Å². The van der Waals surface area contributed by atoms with E-state index in [-0.39, 0.29) is 18.2 Å². The molecular formula is C20H21ClN2O3. The SMILES string of the molecule is CCCOc1ccc(NC(=O)[C@H]2CC(=O)N(c3ccccc3Cl)C2)cc1. The average molecular weight is 373 g/mol.